The smallest absolute Gasteiger partial charge is 0.191 e. The summed E-state index contributed by atoms with van der Waals surface area (Å²) in [5.74, 6) is 0.842. The number of guanidine groups is 1. The van der Waals surface area contributed by atoms with Crippen molar-refractivity contribution >= 4 is 52.0 Å². The summed E-state index contributed by atoms with van der Waals surface area (Å²) in [7, 11) is 1.81. The number of benzene rings is 2. The molecule has 0 fully saturated rings. The second-order valence-electron chi connectivity index (χ2n) is 5.32. The van der Waals surface area contributed by atoms with Crippen LogP contribution in [0.1, 0.15) is 10.4 Å². The molecular formula is C19H22IN3S. The molecule has 3 aromatic rings. The summed E-state index contributed by atoms with van der Waals surface area (Å²) in [4.78, 5) is 5.69. The summed E-state index contributed by atoms with van der Waals surface area (Å²) in [6.45, 7) is 1.65. The maximum atomic E-state index is 4.30. The predicted octanol–water partition coefficient (Wildman–Crippen LogP) is 4.43. The maximum absolute atomic E-state index is 4.30. The minimum Gasteiger partial charge on any atom is -0.356 e. The average Bonchev–Trinajstić information content (AvgIpc) is 3.11. The SMILES string of the molecule is CN=C(NCCc1cccs1)NCc1cccc2ccccc12.I. The number of halogens is 1. The number of hydrogen-bond acceptors (Lipinski definition) is 2. The molecule has 0 amide bonds. The molecule has 0 saturated carbocycles. The predicted molar refractivity (Wildman–Crippen MR) is 116 cm³/mol. The van der Waals surface area contributed by atoms with Crippen LogP contribution in [0, 0.1) is 0 Å². The summed E-state index contributed by atoms with van der Waals surface area (Å²) in [6, 6.07) is 19.1. The molecule has 0 aliphatic heterocycles. The van der Waals surface area contributed by atoms with E-state index in [4.69, 9.17) is 0 Å². The van der Waals surface area contributed by atoms with Crippen LogP contribution >= 0.6 is 35.3 Å². The highest BCUT2D eigenvalue weighted by molar-refractivity contribution is 14.0. The Morgan fingerprint density at radius 3 is 2.62 bits per heavy atom. The molecule has 0 spiro atoms. The molecule has 0 radical (unpaired) electrons. The molecule has 0 atom stereocenters. The Labute approximate surface area is 164 Å². The first kappa shape index (κ1) is 18.7. The highest BCUT2D eigenvalue weighted by Crippen LogP contribution is 2.18. The highest BCUT2D eigenvalue weighted by Gasteiger charge is 2.02. The summed E-state index contributed by atoms with van der Waals surface area (Å²) >= 11 is 1.79. The van der Waals surface area contributed by atoms with Crippen LogP contribution in [0.5, 0.6) is 0 Å². The lowest BCUT2D eigenvalue weighted by molar-refractivity contribution is 0.801. The molecule has 0 unspecified atom stereocenters. The number of thiophene rings is 1. The van der Waals surface area contributed by atoms with Gasteiger partial charge in [-0.1, -0.05) is 48.5 Å². The molecule has 0 saturated heterocycles. The number of nitrogens with zero attached hydrogens (tertiary/aromatic N) is 1. The van der Waals surface area contributed by atoms with Crippen molar-refractivity contribution in [3.05, 3.63) is 70.4 Å². The van der Waals surface area contributed by atoms with Crippen LogP contribution in [0.4, 0.5) is 0 Å². The van der Waals surface area contributed by atoms with E-state index in [1.54, 1.807) is 11.3 Å². The Kier molecular flexibility index (Phi) is 7.52. The van der Waals surface area contributed by atoms with Gasteiger partial charge >= 0.3 is 0 Å². The number of hydrogen-bond donors (Lipinski definition) is 2. The molecule has 2 aromatic carbocycles. The molecule has 3 rings (SSSR count). The third-order valence-electron chi connectivity index (χ3n) is 3.79. The van der Waals surface area contributed by atoms with E-state index in [1.807, 2.05) is 7.05 Å². The summed E-state index contributed by atoms with van der Waals surface area (Å²) < 4.78 is 0. The monoisotopic (exact) mass is 451 g/mol. The largest absolute Gasteiger partial charge is 0.356 e. The fraction of sp³-hybridized carbons (Fsp3) is 0.211. The first-order valence-corrected chi connectivity index (χ1v) is 8.68. The van der Waals surface area contributed by atoms with E-state index in [1.165, 1.54) is 21.2 Å². The minimum atomic E-state index is 0. The third kappa shape index (κ3) is 4.95. The molecular weight excluding hydrogens is 429 g/mol. The van der Waals surface area contributed by atoms with Crippen molar-refractivity contribution in [2.24, 2.45) is 4.99 Å². The average molecular weight is 451 g/mol. The van der Waals surface area contributed by atoms with Gasteiger partial charge in [0.05, 0.1) is 0 Å². The van der Waals surface area contributed by atoms with Gasteiger partial charge in [-0.25, -0.2) is 0 Å². The van der Waals surface area contributed by atoms with Gasteiger partial charge in [0.1, 0.15) is 0 Å². The van der Waals surface area contributed by atoms with Crippen molar-refractivity contribution in [2.45, 2.75) is 13.0 Å². The number of aliphatic imine (C=N–C) groups is 1. The molecule has 0 bridgehead atoms. The lowest BCUT2D eigenvalue weighted by Gasteiger charge is -2.13. The van der Waals surface area contributed by atoms with E-state index < -0.39 is 0 Å². The van der Waals surface area contributed by atoms with E-state index >= 15 is 0 Å². The van der Waals surface area contributed by atoms with E-state index in [2.05, 4.69) is 75.6 Å². The van der Waals surface area contributed by atoms with Gasteiger partial charge in [0, 0.05) is 25.0 Å². The van der Waals surface area contributed by atoms with Crippen molar-refractivity contribution in [1.29, 1.82) is 0 Å². The van der Waals surface area contributed by atoms with Crippen LogP contribution in [0.25, 0.3) is 10.8 Å². The Morgan fingerprint density at radius 2 is 1.83 bits per heavy atom. The first-order chi connectivity index (χ1) is 11.4. The standard InChI is InChI=1S/C19H21N3S.HI/c1-20-19(21-12-11-17-9-5-13-23-17)22-14-16-8-4-7-15-6-2-3-10-18(15)16;/h2-10,13H,11-12,14H2,1H3,(H2,20,21,22);1H. The van der Waals surface area contributed by atoms with Crippen molar-refractivity contribution in [3.8, 4) is 0 Å². The van der Waals surface area contributed by atoms with Gasteiger partial charge in [-0.2, -0.15) is 0 Å². The topological polar surface area (TPSA) is 36.4 Å². The molecule has 0 aliphatic rings. The van der Waals surface area contributed by atoms with Crippen LogP contribution in [0.15, 0.2) is 65.0 Å². The normalized spacial score (nSPS) is 11.1. The molecule has 1 aromatic heterocycles. The van der Waals surface area contributed by atoms with Gasteiger partial charge < -0.3 is 10.6 Å². The van der Waals surface area contributed by atoms with Crippen molar-refractivity contribution in [2.75, 3.05) is 13.6 Å². The number of fused-ring (bicyclic) bond motifs is 1. The highest BCUT2D eigenvalue weighted by atomic mass is 127. The lowest BCUT2D eigenvalue weighted by atomic mass is 10.0. The van der Waals surface area contributed by atoms with Gasteiger partial charge in [0.25, 0.3) is 0 Å². The molecule has 1 heterocycles. The quantitative estimate of drug-likeness (QED) is 0.342. The van der Waals surface area contributed by atoms with Gasteiger partial charge in [-0.3, -0.25) is 4.99 Å². The summed E-state index contributed by atoms with van der Waals surface area (Å²) in [5.41, 5.74) is 1.28. The molecule has 24 heavy (non-hydrogen) atoms. The van der Waals surface area contributed by atoms with Gasteiger partial charge in [-0.05, 0) is 34.2 Å². The third-order valence-corrected chi connectivity index (χ3v) is 4.73. The first-order valence-electron chi connectivity index (χ1n) is 7.80. The van der Waals surface area contributed by atoms with Crippen LogP contribution in [-0.4, -0.2) is 19.6 Å². The van der Waals surface area contributed by atoms with Crippen LogP contribution < -0.4 is 10.6 Å². The van der Waals surface area contributed by atoms with Gasteiger partial charge in [-0.15, -0.1) is 35.3 Å². The molecule has 126 valence electrons. The maximum Gasteiger partial charge on any atom is 0.191 e. The van der Waals surface area contributed by atoms with Crippen molar-refractivity contribution in [3.63, 3.8) is 0 Å². The van der Waals surface area contributed by atoms with E-state index in [0.717, 1.165) is 25.5 Å². The van der Waals surface area contributed by atoms with Gasteiger partial charge in [0.15, 0.2) is 5.96 Å². The van der Waals surface area contributed by atoms with E-state index in [9.17, 15) is 0 Å². The second kappa shape index (κ2) is 9.64. The van der Waals surface area contributed by atoms with Gasteiger partial charge in [0.2, 0.25) is 0 Å². The molecule has 0 aliphatic carbocycles. The van der Waals surface area contributed by atoms with Crippen LogP contribution in [-0.2, 0) is 13.0 Å². The molecule has 5 heteroatoms. The fourth-order valence-electron chi connectivity index (χ4n) is 2.61. The molecule has 3 nitrogen and oxygen atoms in total. The Bertz CT molecular complexity index is 779. The Morgan fingerprint density at radius 1 is 1.00 bits per heavy atom. The fourth-order valence-corrected chi connectivity index (χ4v) is 3.31. The van der Waals surface area contributed by atoms with Crippen LogP contribution in [0.3, 0.4) is 0 Å². The van der Waals surface area contributed by atoms with E-state index in [-0.39, 0.29) is 24.0 Å². The zero-order chi connectivity index (χ0) is 15.9. The van der Waals surface area contributed by atoms with Crippen molar-refractivity contribution < 1.29 is 0 Å². The number of rotatable bonds is 5. The second-order valence-corrected chi connectivity index (χ2v) is 6.35. The summed E-state index contributed by atoms with van der Waals surface area (Å²) in [5, 5.41) is 11.4. The van der Waals surface area contributed by atoms with Crippen LogP contribution in [0.2, 0.25) is 0 Å². The summed E-state index contributed by atoms with van der Waals surface area (Å²) in [6.07, 6.45) is 1.02. The molecule has 2 N–H and O–H groups in total. The van der Waals surface area contributed by atoms with Crippen molar-refractivity contribution in [1.82, 2.24) is 10.6 Å². The number of nitrogens with one attached hydrogen (secondary N) is 2. The minimum absolute atomic E-state index is 0. The zero-order valence-corrected chi connectivity index (χ0v) is 16.8. The zero-order valence-electron chi connectivity index (χ0n) is 13.7. The van der Waals surface area contributed by atoms with E-state index in [0.29, 0.717) is 0 Å². The lowest BCUT2D eigenvalue weighted by Crippen LogP contribution is -2.37. The Hall–Kier alpha value is -1.60. The Balaban J connectivity index is 0.00000208.